The van der Waals surface area contributed by atoms with Crippen LogP contribution in [-0.4, -0.2) is 42.9 Å². The van der Waals surface area contributed by atoms with Crippen LogP contribution in [-0.2, 0) is 6.42 Å². The largest absolute Gasteiger partial charge is 0.497 e. The minimum atomic E-state index is -0.142. The second kappa shape index (κ2) is 9.22. The van der Waals surface area contributed by atoms with Crippen molar-refractivity contribution in [1.29, 1.82) is 0 Å². The van der Waals surface area contributed by atoms with E-state index in [9.17, 15) is 9.59 Å². The molecule has 7 nitrogen and oxygen atoms in total. The Kier molecular flexibility index (Phi) is 5.73. The Hall–Kier alpha value is -4.43. The summed E-state index contributed by atoms with van der Waals surface area (Å²) in [6.45, 7) is 0.513. The first-order valence-corrected chi connectivity index (χ1v) is 12.7. The molecule has 2 aromatic heterocycles. The Balaban J connectivity index is 1.25. The molecule has 0 aliphatic carbocycles. The summed E-state index contributed by atoms with van der Waals surface area (Å²) < 4.78 is 5.25. The van der Waals surface area contributed by atoms with Crippen molar-refractivity contribution >= 4 is 40.6 Å². The number of amides is 1. The van der Waals surface area contributed by atoms with E-state index in [1.165, 1.54) is 11.3 Å². The van der Waals surface area contributed by atoms with Crippen LogP contribution in [0.5, 0.6) is 5.75 Å². The van der Waals surface area contributed by atoms with E-state index in [0.717, 1.165) is 50.8 Å². The van der Waals surface area contributed by atoms with Gasteiger partial charge in [0, 0.05) is 24.0 Å². The monoisotopic (exact) mass is 508 g/mol. The molecule has 0 N–H and O–H groups in total. The van der Waals surface area contributed by atoms with E-state index in [2.05, 4.69) is 0 Å². The van der Waals surface area contributed by atoms with Gasteiger partial charge in [-0.2, -0.15) is 0 Å². The van der Waals surface area contributed by atoms with Crippen LogP contribution < -0.4 is 14.6 Å². The molecule has 0 unspecified atom stereocenters. The molecule has 0 saturated carbocycles. The van der Waals surface area contributed by atoms with Gasteiger partial charge in [0.15, 0.2) is 6.29 Å². The van der Waals surface area contributed by atoms with E-state index in [1.807, 2.05) is 90.0 Å². The summed E-state index contributed by atoms with van der Waals surface area (Å²) >= 11 is 1.47. The molecule has 2 aliphatic rings. The van der Waals surface area contributed by atoms with Gasteiger partial charge in [0.1, 0.15) is 17.1 Å². The maximum Gasteiger partial charge on any atom is 0.276 e. The second-order valence-corrected chi connectivity index (χ2v) is 9.92. The van der Waals surface area contributed by atoms with Gasteiger partial charge in [-0.25, -0.2) is 4.98 Å². The molecule has 1 amide bonds. The molecule has 0 radical (unpaired) electrons. The van der Waals surface area contributed by atoms with Crippen molar-refractivity contribution in [2.45, 2.75) is 6.42 Å². The van der Waals surface area contributed by atoms with Crippen molar-refractivity contribution in [1.82, 2.24) is 9.99 Å². The predicted molar refractivity (Wildman–Crippen MR) is 146 cm³/mol. The molecule has 184 valence electrons. The number of aldehydes is 1. The summed E-state index contributed by atoms with van der Waals surface area (Å²) in [6, 6.07) is 23.2. The molecule has 8 heteroatoms. The van der Waals surface area contributed by atoms with Gasteiger partial charge in [-0.1, -0.05) is 24.3 Å². The van der Waals surface area contributed by atoms with E-state index in [-0.39, 0.29) is 5.91 Å². The second-order valence-electron chi connectivity index (χ2n) is 8.83. The Morgan fingerprint density at radius 2 is 1.89 bits per heavy atom. The van der Waals surface area contributed by atoms with Crippen LogP contribution >= 0.6 is 11.3 Å². The predicted octanol–water partition coefficient (Wildman–Crippen LogP) is 5.50. The molecule has 37 heavy (non-hydrogen) atoms. The third-order valence-corrected chi connectivity index (χ3v) is 7.79. The molecule has 2 aromatic carbocycles. The van der Waals surface area contributed by atoms with Crippen molar-refractivity contribution in [3.8, 4) is 16.2 Å². The summed E-state index contributed by atoms with van der Waals surface area (Å²) in [5.74, 6) is 0.662. The molecule has 0 spiro atoms. The number of hydrogen-bond acceptors (Lipinski definition) is 7. The number of pyridine rings is 1. The minimum absolute atomic E-state index is 0.142. The zero-order chi connectivity index (χ0) is 25.5. The fourth-order valence-electron chi connectivity index (χ4n) is 4.66. The topological polar surface area (TPSA) is 65.8 Å². The first kappa shape index (κ1) is 23.0. The number of benzene rings is 2. The number of aromatic nitrogens is 1. The number of carbonyl (C=O) groups excluding carboxylic acids is 2. The molecule has 0 atom stereocenters. The van der Waals surface area contributed by atoms with Crippen LogP contribution in [0.25, 0.3) is 16.1 Å². The van der Waals surface area contributed by atoms with Crippen LogP contribution in [0.4, 0.5) is 11.4 Å². The van der Waals surface area contributed by atoms with Crippen LogP contribution in [0, 0.1) is 0 Å². The molecule has 0 saturated heterocycles. The molecule has 0 bridgehead atoms. The van der Waals surface area contributed by atoms with Crippen LogP contribution in [0.3, 0.4) is 0 Å². The number of methoxy groups -OCH3 is 1. The molecule has 4 aromatic rings. The molecular weight excluding hydrogens is 484 g/mol. The number of fused-ring (bicyclic) bond motifs is 3. The fraction of sp³-hybridized carbons (Fsp3) is 0.138. The Morgan fingerprint density at radius 3 is 2.68 bits per heavy atom. The molecule has 6 rings (SSSR count). The molecule has 0 fully saturated rings. The SMILES string of the molecule is COc1ccc(N(C)N2C=C2c2cccc(C(=O)N3CCc4cc(C=O)sc4-c4ccccc43)n2)cc1. The van der Waals surface area contributed by atoms with Gasteiger partial charge in [-0.15, -0.1) is 11.3 Å². The zero-order valence-corrected chi connectivity index (χ0v) is 21.2. The van der Waals surface area contributed by atoms with E-state index >= 15 is 0 Å². The number of anilines is 2. The fourth-order valence-corrected chi connectivity index (χ4v) is 5.72. The van der Waals surface area contributed by atoms with E-state index in [0.29, 0.717) is 23.5 Å². The van der Waals surface area contributed by atoms with Gasteiger partial charge < -0.3 is 9.64 Å². The summed E-state index contributed by atoms with van der Waals surface area (Å²) in [7, 11) is 3.62. The Bertz CT molecular complexity index is 1540. The number of hydrazine groups is 1. The van der Waals surface area contributed by atoms with Crippen LogP contribution in [0.2, 0.25) is 0 Å². The lowest BCUT2D eigenvalue weighted by atomic mass is 10.1. The molecular formula is C29H24N4O3S. The highest BCUT2D eigenvalue weighted by Gasteiger charge is 2.31. The van der Waals surface area contributed by atoms with Crippen molar-refractivity contribution < 1.29 is 14.3 Å². The number of thiophene rings is 1. The lowest BCUT2D eigenvalue weighted by Gasteiger charge is -2.24. The van der Waals surface area contributed by atoms with E-state index < -0.39 is 0 Å². The van der Waals surface area contributed by atoms with E-state index in [1.54, 1.807) is 18.1 Å². The zero-order valence-electron chi connectivity index (χ0n) is 20.4. The third-order valence-electron chi connectivity index (χ3n) is 6.66. The average Bonchev–Trinajstić information content (AvgIpc) is 3.68. The Labute approximate surface area is 218 Å². The van der Waals surface area contributed by atoms with Gasteiger partial charge in [0.25, 0.3) is 5.91 Å². The maximum atomic E-state index is 13.8. The number of carbonyl (C=O) groups is 2. The van der Waals surface area contributed by atoms with E-state index in [4.69, 9.17) is 9.72 Å². The highest BCUT2D eigenvalue weighted by atomic mass is 32.1. The number of ether oxygens (including phenoxy) is 1. The number of nitrogens with zero attached hydrogens (tertiary/aromatic N) is 4. The van der Waals surface area contributed by atoms with Crippen molar-refractivity contribution in [3.63, 3.8) is 0 Å². The summed E-state index contributed by atoms with van der Waals surface area (Å²) in [5, 5.41) is 4.02. The standard InChI is InChI=1S/C29H24N4O3S/c1-31(20-10-12-21(36-2)13-11-20)33-17-27(33)24-7-5-8-25(30-24)29(35)32-15-14-19-16-22(18-34)37-28(19)23-6-3-4-9-26(23)32/h3-13,16-18H,14-15H2,1-2H3. The number of hydrogen-bond donors (Lipinski definition) is 0. The van der Waals surface area contributed by atoms with Gasteiger partial charge >= 0.3 is 0 Å². The van der Waals surface area contributed by atoms with Gasteiger partial charge in [-0.3, -0.25) is 19.6 Å². The third kappa shape index (κ3) is 4.15. The normalized spacial score (nSPS) is 13.7. The average molecular weight is 509 g/mol. The van der Waals surface area contributed by atoms with Gasteiger partial charge in [0.05, 0.1) is 35.3 Å². The first-order valence-electron chi connectivity index (χ1n) is 11.9. The summed E-state index contributed by atoms with van der Waals surface area (Å²) in [4.78, 5) is 33.4. The lowest BCUT2D eigenvalue weighted by molar-refractivity contribution is 0.0982. The quantitative estimate of drug-likeness (QED) is 0.321. The molecule has 4 heterocycles. The number of para-hydroxylation sites is 1. The van der Waals surface area contributed by atoms with Crippen molar-refractivity contribution in [2.75, 3.05) is 30.6 Å². The summed E-state index contributed by atoms with van der Waals surface area (Å²) in [5.41, 5.74) is 5.98. The van der Waals surface area contributed by atoms with Crippen LogP contribution in [0.15, 0.2) is 79.0 Å². The Morgan fingerprint density at radius 1 is 1.08 bits per heavy atom. The van der Waals surface area contributed by atoms with Crippen molar-refractivity contribution in [3.05, 3.63) is 101 Å². The first-order chi connectivity index (χ1) is 18.1. The molecule has 2 aliphatic heterocycles. The van der Waals surface area contributed by atoms with Gasteiger partial charge in [0.2, 0.25) is 0 Å². The van der Waals surface area contributed by atoms with Crippen molar-refractivity contribution in [2.24, 2.45) is 0 Å². The lowest BCUT2D eigenvalue weighted by Crippen LogP contribution is -2.33. The van der Waals surface area contributed by atoms with Crippen LogP contribution in [0.1, 0.15) is 31.4 Å². The maximum absolute atomic E-state index is 13.8. The smallest absolute Gasteiger partial charge is 0.276 e. The van der Waals surface area contributed by atoms with Gasteiger partial charge in [-0.05, 0) is 60.5 Å². The minimum Gasteiger partial charge on any atom is -0.497 e. The number of rotatable bonds is 6. The highest BCUT2D eigenvalue weighted by Crippen LogP contribution is 2.41. The summed E-state index contributed by atoms with van der Waals surface area (Å²) in [6.07, 6.45) is 3.55. The highest BCUT2D eigenvalue weighted by molar-refractivity contribution is 7.17.